The summed E-state index contributed by atoms with van der Waals surface area (Å²) < 4.78 is 7.75. The number of aromatic nitrogens is 4. The summed E-state index contributed by atoms with van der Waals surface area (Å²) >= 11 is 0. The van der Waals surface area contributed by atoms with Crippen LogP contribution in [0.3, 0.4) is 0 Å². The number of aryl methyl sites for hydroxylation is 2. The molecule has 10 heteroatoms. The lowest BCUT2D eigenvalue weighted by molar-refractivity contribution is -0.143. The molecule has 1 fully saturated rings. The normalized spacial score (nSPS) is 18.1. The van der Waals surface area contributed by atoms with Gasteiger partial charge in [0, 0.05) is 20.6 Å². The molecule has 2 amide bonds. The van der Waals surface area contributed by atoms with Gasteiger partial charge in [-0.2, -0.15) is 0 Å². The second kappa shape index (κ2) is 11.3. The van der Waals surface area contributed by atoms with Crippen LogP contribution in [0, 0.1) is 18.8 Å². The van der Waals surface area contributed by atoms with Crippen LogP contribution in [0.2, 0.25) is 0 Å². The Morgan fingerprint density at radius 2 is 2.09 bits per heavy atom. The lowest BCUT2D eigenvalue weighted by atomic mass is 9.87. The van der Waals surface area contributed by atoms with Gasteiger partial charge < -0.3 is 20.1 Å². The minimum absolute atomic E-state index is 0.129. The van der Waals surface area contributed by atoms with E-state index in [2.05, 4.69) is 34.5 Å². The fourth-order valence-electron chi connectivity index (χ4n) is 4.08. The predicted octanol–water partition coefficient (Wildman–Crippen LogP) is 3.40. The largest absolute Gasteiger partial charge is 0.489 e. The number of hydrogen-bond acceptors (Lipinski definition) is 6. The molecule has 0 aromatic carbocycles. The summed E-state index contributed by atoms with van der Waals surface area (Å²) in [5.41, 5.74) is 2.69. The van der Waals surface area contributed by atoms with Crippen LogP contribution in [0.15, 0.2) is 12.1 Å². The fourth-order valence-corrected chi connectivity index (χ4v) is 4.08. The molecule has 2 aromatic rings. The molecule has 2 N–H and O–H groups in total. The summed E-state index contributed by atoms with van der Waals surface area (Å²) in [6.45, 7) is 7.09. The molecule has 1 aliphatic carbocycles. The number of amides is 2. The molecule has 1 aliphatic rings. The molecule has 2 heterocycles. The van der Waals surface area contributed by atoms with Crippen molar-refractivity contribution in [3.63, 3.8) is 0 Å². The number of aliphatic carboxylic acids is 1. The van der Waals surface area contributed by atoms with E-state index >= 15 is 0 Å². The van der Waals surface area contributed by atoms with Crippen LogP contribution in [-0.2, 0) is 18.4 Å². The van der Waals surface area contributed by atoms with Crippen molar-refractivity contribution in [1.82, 2.24) is 30.2 Å². The quantitative estimate of drug-likeness (QED) is 0.573. The van der Waals surface area contributed by atoms with Gasteiger partial charge in [-0.05, 0) is 57.1 Å². The molecule has 0 aliphatic heterocycles. The van der Waals surface area contributed by atoms with Crippen LogP contribution < -0.4 is 10.1 Å². The molecule has 186 valence electrons. The molecule has 2 aromatic heterocycles. The molecular weight excluding hydrogens is 436 g/mol. The average Bonchev–Trinajstić information content (AvgIpc) is 3.17. The fraction of sp³-hybridized carbons (Fsp3) is 0.625. The van der Waals surface area contributed by atoms with E-state index in [1.807, 2.05) is 19.1 Å². The van der Waals surface area contributed by atoms with Crippen LogP contribution in [0.4, 0.5) is 4.79 Å². The number of carboxylic acid groups (broad SMARTS) is 1. The first kappa shape index (κ1) is 25.5. The molecule has 2 atom stereocenters. The maximum atomic E-state index is 12.5. The minimum Gasteiger partial charge on any atom is -0.489 e. The highest BCUT2D eigenvalue weighted by molar-refractivity contribution is 5.74. The molecule has 0 spiro atoms. The zero-order chi connectivity index (χ0) is 24.8. The zero-order valence-electron chi connectivity index (χ0n) is 20.7. The summed E-state index contributed by atoms with van der Waals surface area (Å²) in [5.74, 6) is 0.0614. The van der Waals surface area contributed by atoms with Gasteiger partial charge in [-0.25, -0.2) is 14.5 Å². The Morgan fingerprint density at radius 3 is 2.76 bits per heavy atom. The second-order valence-corrected chi connectivity index (χ2v) is 9.49. The number of carbonyl (C=O) groups is 2. The van der Waals surface area contributed by atoms with E-state index in [1.54, 1.807) is 23.7 Å². The Hall–Kier alpha value is -3.17. The van der Waals surface area contributed by atoms with E-state index in [0.29, 0.717) is 48.1 Å². The smallest absolute Gasteiger partial charge is 0.317 e. The lowest BCUT2D eigenvalue weighted by Gasteiger charge is -2.27. The second-order valence-electron chi connectivity index (χ2n) is 9.49. The predicted molar refractivity (Wildman–Crippen MR) is 127 cm³/mol. The Balaban J connectivity index is 1.67. The summed E-state index contributed by atoms with van der Waals surface area (Å²) in [6.07, 6.45) is 3.70. The van der Waals surface area contributed by atoms with E-state index in [9.17, 15) is 14.7 Å². The summed E-state index contributed by atoms with van der Waals surface area (Å²) in [6, 6.07) is 3.52. The summed E-state index contributed by atoms with van der Waals surface area (Å²) in [7, 11) is 3.57. The van der Waals surface area contributed by atoms with Crippen LogP contribution in [0.1, 0.15) is 57.3 Å². The van der Waals surface area contributed by atoms with E-state index in [4.69, 9.17) is 4.74 Å². The number of nitrogens with one attached hydrogen (secondary N) is 1. The maximum Gasteiger partial charge on any atom is 0.317 e. The molecule has 0 saturated heterocycles. The van der Waals surface area contributed by atoms with E-state index in [0.717, 1.165) is 25.0 Å². The number of rotatable bonds is 9. The van der Waals surface area contributed by atoms with Gasteiger partial charge in [-0.15, -0.1) is 5.10 Å². The SMILES string of the molecule is Cc1nc(-c2nnn(C)c2CNC(=O)N(C)CCC(C)C)ccc1O[C@H]1CCC[C@H](C(=O)O)C1. The molecule has 0 radical (unpaired) electrons. The highest BCUT2D eigenvalue weighted by atomic mass is 16.5. The van der Waals surface area contributed by atoms with Crippen molar-refractivity contribution in [3.8, 4) is 17.1 Å². The Labute approximate surface area is 200 Å². The summed E-state index contributed by atoms with van der Waals surface area (Å²) in [4.78, 5) is 30.1. The number of hydrogen-bond donors (Lipinski definition) is 2. The monoisotopic (exact) mass is 472 g/mol. The number of nitrogens with zero attached hydrogens (tertiary/aromatic N) is 5. The van der Waals surface area contributed by atoms with Crippen LogP contribution in [-0.4, -0.2) is 61.7 Å². The van der Waals surface area contributed by atoms with Gasteiger partial charge in [-0.1, -0.05) is 19.1 Å². The van der Waals surface area contributed by atoms with E-state index in [-0.39, 0.29) is 24.6 Å². The lowest BCUT2D eigenvalue weighted by Crippen LogP contribution is -2.38. The van der Waals surface area contributed by atoms with E-state index in [1.165, 1.54) is 0 Å². The third-order valence-corrected chi connectivity index (χ3v) is 6.29. The van der Waals surface area contributed by atoms with Gasteiger partial charge in [0.2, 0.25) is 0 Å². The summed E-state index contributed by atoms with van der Waals surface area (Å²) in [5, 5.41) is 20.6. The molecular formula is C24H36N6O4. The number of ether oxygens (including phenoxy) is 1. The minimum atomic E-state index is -0.758. The van der Waals surface area contributed by atoms with E-state index < -0.39 is 5.97 Å². The first-order valence-corrected chi connectivity index (χ1v) is 11.9. The number of urea groups is 1. The van der Waals surface area contributed by atoms with Crippen molar-refractivity contribution in [1.29, 1.82) is 0 Å². The molecule has 0 unspecified atom stereocenters. The molecule has 34 heavy (non-hydrogen) atoms. The van der Waals surface area contributed by atoms with Crippen molar-refractivity contribution >= 4 is 12.0 Å². The highest BCUT2D eigenvalue weighted by Crippen LogP contribution is 2.30. The maximum absolute atomic E-state index is 12.5. The van der Waals surface area contributed by atoms with Crippen molar-refractivity contribution in [2.45, 2.75) is 65.5 Å². The molecule has 1 saturated carbocycles. The van der Waals surface area contributed by atoms with Gasteiger partial charge in [0.05, 0.1) is 35.6 Å². The Bertz CT molecular complexity index is 1010. The molecule has 3 rings (SSSR count). The third kappa shape index (κ3) is 6.45. The van der Waals surface area contributed by atoms with Gasteiger partial charge in [0.15, 0.2) is 0 Å². The van der Waals surface area contributed by atoms with Crippen molar-refractivity contribution in [2.24, 2.45) is 18.9 Å². The standard InChI is InChI=1S/C24H36N6O4/c1-15(2)11-12-29(4)24(33)25-14-20-22(27-28-30(20)5)19-9-10-21(16(3)26-19)34-18-8-6-7-17(13-18)23(31)32/h9-10,15,17-18H,6-8,11-14H2,1-5H3,(H,25,33)(H,31,32)/t17-,18-/m0/s1. The van der Waals surface area contributed by atoms with Crippen LogP contribution in [0.5, 0.6) is 5.75 Å². The van der Waals surface area contributed by atoms with Gasteiger partial charge in [0.25, 0.3) is 0 Å². The van der Waals surface area contributed by atoms with Crippen molar-refractivity contribution in [3.05, 3.63) is 23.5 Å². The average molecular weight is 473 g/mol. The van der Waals surface area contributed by atoms with Crippen LogP contribution in [0.25, 0.3) is 11.4 Å². The number of carboxylic acids is 1. The van der Waals surface area contributed by atoms with Crippen molar-refractivity contribution in [2.75, 3.05) is 13.6 Å². The first-order chi connectivity index (χ1) is 16.2. The molecule has 10 nitrogen and oxygen atoms in total. The number of carbonyl (C=O) groups excluding carboxylic acids is 1. The first-order valence-electron chi connectivity index (χ1n) is 11.9. The van der Waals surface area contributed by atoms with Crippen LogP contribution >= 0.6 is 0 Å². The van der Waals surface area contributed by atoms with Gasteiger partial charge >= 0.3 is 12.0 Å². The molecule has 0 bridgehead atoms. The van der Waals surface area contributed by atoms with Gasteiger partial charge in [-0.3, -0.25) is 4.79 Å². The van der Waals surface area contributed by atoms with Crippen molar-refractivity contribution < 1.29 is 19.4 Å². The zero-order valence-corrected chi connectivity index (χ0v) is 20.7. The van der Waals surface area contributed by atoms with Gasteiger partial charge in [0.1, 0.15) is 11.4 Å². The Morgan fingerprint density at radius 1 is 1.32 bits per heavy atom. The number of pyridine rings is 1. The third-order valence-electron chi connectivity index (χ3n) is 6.29. The highest BCUT2D eigenvalue weighted by Gasteiger charge is 2.28. The Kier molecular flexibility index (Phi) is 8.46. The topological polar surface area (TPSA) is 122 Å².